The van der Waals surface area contributed by atoms with Crippen LogP contribution in [0.25, 0.3) is 0 Å². The smallest absolute Gasteiger partial charge is 0.141 e. The molecule has 0 bridgehead atoms. The van der Waals surface area contributed by atoms with Gasteiger partial charge in [-0.3, -0.25) is 0 Å². The Morgan fingerprint density at radius 2 is 2.00 bits per heavy atom. The SMILES string of the molecule is CN(Cc1ccccc1N)c1ccc(F)cn1. The van der Waals surface area contributed by atoms with Crippen LogP contribution < -0.4 is 10.6 Å². The number of hydrogen-bond donors (Lipinski definition) is 1. The van der Waals surface area contributed by atoms with Gasteiger partial charge in [-0.25, -0.2) is 9.37 Å². The Bertz CT molecular complexity index is 496. The summed E-state index contributed by atoms with van der Waals surface area (Å²) >= 11 is 0. The molecule has 0 fully saturated rings. The lowest BCUT2D eigenvalue weighted by Crippen LogP contribution is -2.18. The van der Waals surface area contributed by atoms with E-state index in [9.17, 15) is 4.39 Å². The van der Waals surface area contributed by atoms with Crippen molar-refractivity contribution in [2.24, 2.45) is 0 Å². The normalized spacial score (nSPS) is 10.2. The number of anilines is 2. The highest BCUT2D eigenvalue weighted by atomic mass is 19.1. The monoisotopic (exact) mass is 231 g/mol. The van der Waals surface area contributed by atoms with Crippen molar-refractivity contribution >= 4 is 11.5 Å². The molecule has 0 aliphatic carbocycles. The summed E-state index contributed by atoms with van der Waals surface area (Å²) in [6.45, 7) is 0.644. The molecule has 88 valence electrons. The number of hydrogen-bond acceptors (Lipinski definition) is 3. The van der Waals surface area contributed by atoms with Crippen LogP contribution in [-0.2, 0) is 6.54 Å². The first-order valence-electron chi connectivity index (χ1n) is 5.33. The van der Waals surface area contributed by atoms with Gasteiger partial charge in [0, 0.05) is 19.3 Å². The van der Waals surface area contributed by atoms with E-state index in [4.69, 9.17) is 5.73 Å². The summed E-state index contributed by atoms with van der Waals surface area (Å²) in [6.07, 6.45) is 1.21. The quantitative estimate of drug-likeness (QED) is 0.825. The zero-order valence-electron chi connectivity index (χ0n) is 9.60. The fourth-order valence-electron chi connectivity index (χ4n) is 1.61. The van der Waals surface area contributed by atoms with Crippen LogP contribution in [0.1, 0.15) is 5.56 Å². The molecule has 0 aliphatic rings. The van der Waals surface area contributed by atoms with Crippen molar-refractivity contribution in [2.75, 3.05) is 17.7 Å². The number of aromatic nitrogens is 1. The fraction of sp³-hybridized carbons (Fsp3) is 0.154. The second kappa shape index (κ2) is 4.82. The maximum Gasteiger partial charge on any atom is 0.141 e. The van der Waals surface area contributed by atoms with Crippen molar-refractivity contribution in [2.45, 2.75) is 6.54 Å². The molecule has 0 aliphatic heterocycles. The topological polar surface area (TPSA) is 42.1 Å². The first kappa shape index (κ1) is 11.4. The Hall–Kier alpha value is -2.10. The highest BCUT2D eigenvalue weighted by Gasteiger charge is 2.05. The number of rotatable bonds is 3. The standard InChI is InChI=1S/C13H14FN3/c1-17(13-7-6-11(14)8-16-13)9-10-4-2-3-5-12(10)15/h2-8H,9,15H2,1H3. The average molecular weight is 231 g/mol. The van der Waals surface area contributed by atoms with Gasteiger partial charge in [0.15, 0.2) is 0 Å². The van der Waals surface area contributed by atoms with Crippen molar-refractivity contribution < 1.29 is 4.39 Å². The fourth-order valence-corrected chi connectivity index (χ4v) is 1.61. The summed E-state index contributed by atoms with van der Waals surface area (Å²) in [5.41, 5.74) is 7.64. The van der Waals surface area contributed by atoms with Gasteiger partial charge >= 0.3 is 0 Å². The predicted octanol–water partition coefficient (Wildman–Crippen LogP) is 2.44. The van der Waals surface area contributed by atoms with Crippen LogP contribution in [0.3, 0.4) is 0 Å². The van der Waals surface area contributed by atoms with Gasteiger partial charge in [-0.15, -0.1) is 0 Å². The zero-order chi connectivity index (χ0) is 12.3. The number of para-hydroxylation sites is 1. The summed E-state index contributed by atoms with van der Waals surface area (Å²) in [4.78, 5) is 5.94. The minimum Gasteiger partial charge on any atom is -0.398 e. The molecule has 1 heterocycles. The van der Waals surface area contributed by atoms with Gasteiger partial charge in [-0.05, 0) is 23.8 Å². The van der Waals surface area contributed by atoms with Crippen LogP contribution >= 0.6 is 0 Å². The first-order chi connectivity index (χ1) is 8.16. The Morgan fingerprint density at radius 3 is 2.65 bits per heavy atom. The maximum atomic E-state index is 12.7. The van der Waals surface area contributed by atoms with Gasteiger partial charge in [0.1, 0.15) is 11.6 Å². The van der Waals surface area contributed by atoms with E-state index in [1.54, 1.807) is 6.07 Å². The van der Waals surface area contributed by atoms with Gasteiger partial charge in [0.2, 0.25) is 0 Å². The molecule has 1 aromatic carbocycles. The van der Waals surface area contributed by atoms with Crippen molar-refractivity contribution in [1.82, 2.24) is 4.98 Å². The zero-order valence-corrected chi connectivity index (χ0v) is 9.60. The van der Waals surface area contributed by atoms with E-state index in [-0.39, 0.29) is 5.82 Å². The van der Waals surface area contributed by atoms with Crippen LogP contribution in [0, 0.1) is 5.82 Å². The van der Waals surface area contributed by atoms with Crippen molar-refractivity contribution in [1.29, 1.82) is 0 Å². The molecule has 0 amide bonds. The summed E-state index contributed by atoms with van der Waals surface area (Å²) in [5.74, 6) is 0.385. The molecule has 3 nitrogen and oxygen atoms in total. The Kier molecular flexibility index (Phi) is 3.23. The third-order valence-corrected chi connectivity index (χ3v) is 2.57. The molecule has 4 heteroatoms. The number of nitrogens with zero attached hydrogens (tertiary/aromatic N) is 2. The molecule has 17 heavy (non-hydrogen) atoms. The van der Waals surface area contributed by atoms with E-state index in [0.717, 1.165) is 17.1 Å². The molecule has 0 radical (unpaired) electrons. The first-order valence-corrected chi connectivity index (χ1v) is 5.33. The molecule has 2 rings (SSSR count). The van der Waals surface area contributed by atoms with E-state index in [2.05, 4.69) is 4.98 Å². The number of nitrogens with two attached hydrogens (primary N) is 1. The summed E-state index contributed by atoms with van der Waals surface area (Å²) in [5, 5.41) is 0. The van der Waals surface area contributed by atoms with Crippen LogP contribution in [0.4, 0.5) is 15.9 Å². The van der Waals surface area contributed by atoms with E-state index in [1.807, 2.05) is 36.2 Å². The molecule has 1 aromatic heterocycles. The predicted molar refractivity (Wildman–Crippen MR) is 67.2 cm³/mol. The van der Waals surface area contributed by atoms with Crippen LogP contribution in [0.2, 0.25) is 0 Å². The second-order valence-electron chi connectivity index (χ2n) is 3.89. The number of benzene rings is 1. The minimum atomic E-state index is -0.332. The third kappa shape index (κ3) is 2.72. The molecule has 0 atom stereocenters. The Labute approximate surface area is 99.7 Å². The Balaban J connectivity index is 2.14. The molecule has 0 spiro atoms. The van der Waals surface area contributed by atoms with Crippen molar-refractivity contribution in [3.05, 3.63) is 54.0 Å². The molecule has 0 saturated heterocycles. The largest absolute Gasteiger partial charge is 0.398 e. The molecule has 0 unspecified atom stereocenters. The molecular formula is C13H14FN3. The van der Waals surface area contributed by atoms with Crippen LogP contribution in [-0.4, -0.2) is 12.0 Å². The molecule has 2 aromatic rings. The number of nitrogen functional groups attached to an aromatic ring is 1. The van der Waals surface area contributed by atoms with Crippen LogP contribution in [0.5, 0.6) is 0 Å². The van der Waals surface area contributed by atoms with Gasteiger partial charge in [0.25, 0.3) is 0 Å². The van der Waals surface area contributed by atoms with Gasteiger partial charge in [-0.2, -0.15) is 0 Å². The van der Waals surface area contributed by atoms with Crippen molar-refractivity contribution in [3.63, 3.8) is 0 Å². The van der Waals surface area contributed by atoms with E-state index >= 15 is 0 Å². The highest BCUT2D eigenvalue weighted by Crippen LogP contribution is 2.16. The maximum absolute atomic E-state index is 12.7. The second-order valence-corrected chi connectivity index (χ2v) is 3.89. The molecule has 0 saturated carbocycles. The van der Waals surface area contributed by atoms with Crippen LogP contribution in [0.15, 0.2) is 42.6 Å². The van der Waals surface area contributed by atoms with Gasteiger partial charge < -0.3 is 10.6 Å². The summed E-state index contributed by atoms with van der Waals surface area (Å²) in [7, 11) is 1.90. The molecular weight excluding hydrogens is 217 g/mol. The lowest BCUT2D eigenvalue weighted by Gasteiger charge is -2.18. The average Bonchev–Trinajstić information content (AvgIpc) is 2.33. The van der Waals surface area contributed by atoms with Gasteiger partial charge in [-0.1, -0.05) is 18.2 Å². The lowest BCUT2D eigenvalue weighted by molar-refractivity contribution is 0.621. The van der Waals surface area contributed by atoms with Crippen molar-refractivity contribution in [3.8, 4) is 0 Å². The third-order valence-electron chi connectivity index (χ3n) is 2.57. The van der Waals surface area contributed by atoms with E-state index in [0.29, 0.717) is 6.54 Å². The van der Waals surface area contributed by atoms with Gasteiger partial charge in [0.05, 0.1) is 6.20 Å². The summed E-state index contributed by atoms with van der Waals surface area (Å²) in [6, 6.07) is 10.7. The van der Waals surface area contributed by atoms with E-state index in [1.165, 1.54) is 12.3 Å². The van der Waals surface area contributed by atoms with E-state index < -0.39 is 0 Å². The number of pyridine rings is 1. The number of halogens is 1. The lowest BCUT2D eigenvalue weighted by atomic mass is 10.2. The minimum absolute atomic E-state index is 0.332. The molecule has 2 N–H and O–H groups in total. The highest BCUT2D eigenvalue weighted by molar-refractivity contribution is 5.49. The Morgan fingerprint density at radius 1 is 1.24 bits per heavy atom. The summed E-state index contributed by atoms with van der Waals surface area (Å²) < 4.78 is 12.7.